The number of ether oxygens (including phenoxy) is 1. The Morgan fingerprint density at radius 3 is 2.88 bits per heavy atom. The maximum Gasteiger partial charge on any atom is 0.222 e. The Kier molecular flexibility index (Phi) is 4.72. The quantitative estimate of drug-likeness (QED) is 0.466. The molecule has 6 rings (SSSR count). The third-order valence-electron chi connectivity index (χ3n) is 7.01. The topological polar surface area (TPSA) is 106 Å². The van der Waals surface area contributed by atoms with Gasteiger partial charge < -0.3 is 20.4 Å². The van der Waals surface area contributed by atoms with Crippen LogP contribution in [0.3, 0.4) is 0 Å². The van der Waals surface area contributed by atoms with Gasteiger partial charge in [0.15, 0.2) is 5.65 Å². The second-order valence-electron chi connectivity index (χ2n) is 10.2. The van der Waals surface area contributed by atoms with Crippen LogP contribution in [0.5, 0.6) is 5.75 Å². The highest BCUT2D eigenvalue weighted by Crippen LogP contribution is 2.40. The summed E-state index contributed by atoms with van der Waals surface area (Å²) < 4.78 is 6.25. The molecule has 3 aromatic heterocycles. The summed E-state index contributed by atoms with van der Waals surface area (Å²) >= 11 is 0. The molecule has 4 aromatic rings. The second-order valence-corrected chi connectivity index (χ2v) is 10.2. The average Bonchev–Trinajstić information content (AvgIpc) is 3.16. The summed E-state index contributed by atoms with van der Waals surface area (Å²) in [4.78, 5) is 23.5. The Bertz CT molecular complexity index is 1410. The third-order valence-corrected chi connectivity index (χ3v) is 7.01. The van der Waals surface area contributed by atoms with Crippen molar-refractivity contribution in [1.82, 2.24) is 24.9 Å². The van der Waals surface area contributed by atoms with Gasteiger partial charge in [-0.2, -0.15) is 4.98 Å². The van der Waals surface area contributed by atoms with Crippen molar-refractivity contribution in [3.05, 3.63) is 53.1 Å². The van der Waals surface area contributed by atoms with Gasteiger partial charge in [0.2, 0.25) is 5.95 Å². The molecule has 0 saturated carbocycles. The first-order valence-corrected chi connectivity index (χ1v) is 11.8. The largest absolute Gasteiger partial charge is 0.491 e. The van der Waals surface area contributed by atoms with E-state index < -0.39 is 0 Å². The number of pyridine rings is 1. The van der Waals surface area contributed by atoms with Crippen LogP contribution in [0.15, 0.2) is 30.7 Å². The zero-order valence-corrected chi connectivity index (χ0v) is 19.9. The summed E-state index contributed by atoms with van der Waals surface area (Å²) in [7, 11) is 0. The van der Waals surface area contributed by atoms with Crippen molar-refractivity contribution in [3.8, 4) is 16.9 Å². The molecule has 0 radical (unpaired) electrons. The molecule has 1 aliphatic heterocycles. The molecule has 34 heavy (non-hydrogen) atoms. The van der Waals surface area contributed by atoms with Gasteiger partial charge in [-0.15, -0.1) is 0 Å². The number of H-pyrrole nitrogens is 1. The van der Waals surface area contributed by atoms with Gasteiger partial charge in [-0.3, -0.25) is 0 Å². The standard InChI is InChI=1S/C26H29N7O/c1-15-8-16(17-10-21-23(28-12-17)30-14-29-21)9-18-13-33(6-7-34-22(15)18)24-19-11-26(2,3)5-4-20(19)31-25(27)32-24/h8-10,12,14H,4-7,11,13H2,1-3H3,(H2,27,31,32)(H,28,29,30). The number of fused-ring (bicyclic) bond motifs is 3. The van der Waals surface area contributed by atoms with Crippen molar-refractivity contribution in [1.29, 1.82) is 0 Å². The highest BCUT2D eigenvalue weighted by Gasteiger charge is 2.31. The summed E-state index contributed by atoms with van der Waals surface area (Å²) in [6.45, 7) is 8.78. The Morgan fingerprint density at radius 1 is 1.12 bits per heavy atom. The number of aryl methyl sites for hydroxylation is 2. The Hall–Kier alpha value is -3.68. The highest BCUT2D eigenvalue weighted by molar-refractivity contribution is 5.78. The number of nitrogens with zero attached hydrogens (tertiary/aromatic N) is 5. The summed E-state index contributed by atoms with van der Waals surface area (Å²) in [6.07, 6.45) is 6.56. The van der Waals surface area contributed by atoms with Crippen molar-refractivity contribution in [3.63, 3.8) is 0 Å². The van der Waals surface area contributed by atoms with E-state index in [-0.39, 0.29) is 5.41 Å². The van der Waals surface area contributed by atoms with Gasteiger partial charge in [0.25, 0.3) is 0 Å². The number of imidazole rings is 1. The fourth-order valence-corrected chi connectivity index (χ4v) is 5.26. The number of anilines is 2. The van der Waals surface area contributed by atoms with Crippen molar-refractivity contribution in [2.24, 2.45) is 5.41 Å². The van der Waals surface area contributed by atoms with Crippen LogP contribution in [-0.4, -0.2) is 38.1 Å². The number of hydrogen-bond donors (Lipinski definition) is 2. The van der Waals surface area contributed by atoms with Crippen LogP contribution in [0.4, 0.5) is 11.8 Å². The van der Waals surface area contributed by atoms with E-state index in [1.807, 2.05) is 6.20 Å². The molecule has 0 saturated heterocycles. The fraction of sp³-hybridized carbons (Fsp3) is 0.385. The summed E-state index contributed by atoms with van der Waals surface area (Å²) in [6, 6.07) is 6.47. The molecule has 4 heterocycles. The SMILES string of the molecule is Cc1cc(-c2cnc3nc[nH]c3c2)cc2c1OCCN(c1nc(N)nc3c1CC(C)(C)CC3)C2. The Balaban J connectivity index is 1.41. The molecule has 0 bridgehead atoms. The molecule has 1 aliphatic carbocycles. The molecule has 0 amide bonds. The van der Waals surface area contributed by atoms with Gasteiger partial charge in [-0.05, 0) is 60.9 Å². The molecule has 1 aromatic carbocycles. The van der Waals surface area contributed by atoms with Crippen LogP contribution in [0, 0.1) is 12.3 Å². The monoisotopic (exact) mass is 455 g/mol. The minimum atomic E-state index is 0.226. The lowest BCUT2D eigenvalue weighted by molar-refractivity contribution is 0.311. The minimum absolute atomic E-state index is 0.226. The Labute approximate surface area is 198 Å². The molecule has 0 atom stereocenters. The van der Waals surface area contributed by atoms with Crippen LogP contribution >= 0.6 is 0 Å². The van der Waals surface area contributed by atoms with E-state index in [4.69, 9.17) is 15.5 Å². The Morgan fingerprint density at radius 2 is 2.00 bits per heavy atom. The molecule has 8 heteroatoms. The molecule has 2 aliphatic rings. The predicted molar refractivity (Wildman–Crippen MR) is 133 cm³/mol. The van der Waals surface area contributed by atoms with E-state index in [0.717, 1.165) is 76.5 Å². The highest BCUT2D eigenvalue weighted by atomic mass is 16.5. The van der Waals surface area contributed by atoms with Crippen LogP contribution in [-0.2, 0) is 19.4 Å². The maximum absolute atomic E-state index is 6.25. The third kappa shape index (κ3) is 3.63. The molecular weight excluding hydrogens is 426 g/mol. The minimum Gasteiger partial charge on any atom is -0.491 e. The second kappa shape index (κ2) is 7.68. The smallest absolute Gasteiger partial charge is 0.222 e. The van der Waals surface area contributed by atoms with E-state index in [0.29, 0.717) is 19.1 Å². The summed E-state index contributed by atoms with van der Waals surface area (Å²) in [5.41, 5.74) is 14.8. The van der Waals surface area contributed by atoms with E-state index in [2.05, 4.69) is 63.8 Å². The molecule has 8 nitrogen and oxygen atoms in total. The normalized spacial score (nSPS) is 17.1. The first-order chi connectivity index (χ1) is 16.4. The number of nitrogen functional groups attached to an aromatic ring is 1. The first kappa shape index (κ1) is 20.9. The number of nitrogens with one attached hydrogen (secondary N) is 1. The molecule has 0 spiro atoms. The average molecular weight is 456 g/mol. The predicted octanol–water partition coefficient (Wildman–Crippen LogP) is 4.22. The maximum atomic E-state index is 6.25. The molecule has 3 N–H and O–H groups in total. The van der Waals surface area contributed by atoms with Crippen LogP contribution in [0.25, 0.3) is 22.3 Å². The summed E-state index contributed by atoms with van der Waals surface area (Å²) in [5.74, 6) is 2.26. The number of nitrogens with two attached hydrogens (primary N) is 1. The number of hydrogen-bond acceptors (Lipinski definition) is 7. The van der Waals surface area contributed by atoms with Crippen LogP contribution < -0.4 is 15.4 Å². The number of aromatic amines is 1. The van der Waals surface area contributed by atoms with Gasteiger partial charge >= 0.3 is 0 Å². The van der Waals surface area contributed by atoms with Gasteiger partial charge in [0, 0.05) is 29.4 Å². The molecule has 0 fully saturated rings. The lowest BCUT2D eigenvalue weighted by Gasteiger charge is -2.34. The van der Waals surface area contributed by atoms with Crippen LogP contribution in [0.1, 0.15) is 42.7 Å². The van der Waals surface area contributed by atoms with Crippen LogP contribution in [0.2, 0.25) is 0 Å². The number of rotatable bonds is 2. The van der Waals surface area contributed by atoms with E-state index in [1.165, 1.54) is 5.56 Å². The molecule has 0 unspecified atom stereocenters. The van der Waals surface area contributed by atoms with E-state index in [1.54, 1.807) is 6.33 Å². The fourth-order valence-electron chi connectivity index (χ4n) is 5.26. The first-order valence-electron chi connectivity index (χ1n) is 11.8. The number of benzene rings is 1. The van der Waals surface area contributed by atoms with Gasteiger partial charge in [0.1, 0.15) is 18.2 Å². The molecular formula is C26H29N7O. The number of aromatic nitrogens is 5. The van der Waals surface area contributed by atoms with E-state index >= 15 is 0 Å². The van der Waals surface area contributed by atoms with E-state index in [9.17, 15) is 0 Å². The lowest BCUT2D eigenvalue weighted by Crippen LogP contribution is -2.31. The van der Waals surface area contributed by atoms with Gasteiger partial charge in [-0.25, -0.2) is 15.0 Å². The summed E-state index contributed by atoms with van der Waals surface area (Å²) in [5, 5.41) is 0. The van der Waals surface area contributed by atoms with Gasteiger partial charge in [0.05, 0.1) is 24.1 Å². The van der Waals surface area contributed by atoms with Crippen molar-refractivity contribution < 1.29 is 4.74 Å². The van der Waals surface area contributed by atoms with Crippen molar-refractivity contribution in [2.45, 2.75) is 46.6 Å². The molecule has 174 valence electrons. The van der Waals surface area contributed by atoms with Crippen molar-refractivity contribution in [2.75, 3.05) is 23.8 Å². The van der Waals surface area contributed by atoms with Gasteiger partial charge in [-0.1, -0.05) is 13.8 Å². The van der Waals surface area contributed by atoms with Crippen molar-refractivity contribution >= 4 is 22.9 Å². The zero-order valence-electron chi connectivity index (χ0n) is 19.9. The lowest BCUT2D eigenvalue weighted by atomic mass is 9.76. The zero-order chi connectivity index (χ0) is 23.4.